The Kier molecular flexibility index (Phi) is 5.47. The maximum Gasteiger partial charge on any atom is 0.387 e. The van der Waals surface area contributed by atoms with Crippen LogP contribution in [0.25, 0.3) is 0 Å². The molecule has 2 aromatic rings. The van der Waals surface area contributed by atoms with E-state index >= 15 is 0 Å². The number of nitrogens with zero attached hydrogens (tertiary/aromatic N) is 3. The zero-order valence-electron chi connectivity index (χ0n) is 13.2. The number of carbonyl (C=O) groups is 1. The summed E-state index contributed by atoms with van der Waals surface area (Å²) in [4.78, 5) is 22.5. The van der Waals surface area contributed by atoms with Gasteiger partial charge in [0, 0.05) is 18.8 Å². The number of nitrogens with one attached hydrogen (secondary N) is 1. The van der Waals surface area contributed by atoms with Gasteiger partial charge >= 0.3 is 12.3 Å². The highest BCUT2D eigenvalue weighted by Gasteiger charge is 2.25. The molecule has 0 bridgehead atoms. The Bertz CT molecular complexity index is 794. The molecule has 0 radical (unpaired) electrons. The molecule has 1 aromatic carbocycles. The van der Waals surface area contributed by atoms with Crippen LogP contribution in [0.3, 0.4) is 0 Å². The summed E-state index contributed by atoms with van der Waals surface area (Å²) in [5, 5.41) is 17.1. The van der Waals surface area contributed by atoms with E-state index in [-0.39, 0.29) is 29.5 Å². The molecule has 0 unspecified atom stereocenters. The van der Waals surface area contributed by atoms with Crippen LogP contribution in [0, 0.1) is 10.1 Å². The highest BCUT2D eigenvalue weighted by Crippen LogP contribution is 2.32. The minimum absolute atomic E-state index is 0.0000980. The zero-order chi connectivity index (χ0) is 18.6. The van der Waals surface area contributed by atoms with Crippen molar-refractivity contribution >= 4 is 17.3 Å². The van der Waals surface area contributed by atoms with E-state index in [0.717, 1.165) is 10.9 Å². The summed E-state index contributed by atoms with van der Waals surface area (Å²) in [5.41, 5.74) is -0.524. The van der Waals surface area contributed by atoms with Gasteiger partial charge in [0.25, 0.3) is 5.91 Å². The summed E-state index contributed by atoms with van der Waals surface area (Å²) in [7, 11) is 1.38. The number of halogens is 2. The lowest BCUT2D eigenvalue weighted by atomic mass is 10.2. The fraction of sp³-hybridized carbons (Fsp3) is 0.286. The summed E-state index contributed by atoms with van der Waals surface area (Å²) < 4.78 is 35.3. The number of anilines is 1. The zero-order valence-corrected chi connectivity index (χ0v) is 13.2. The SMILES string of the molecule is CCOc1cc(NC(=O)c2c([N+](=O)[O-])cnn2C)ccc1OC(F)F. The Balaban J connectivity index is 2.28. The summed E-state index contributed by atoms with van der Waals surface area (Å²) >= 11 is 0. The van der Waals surface area contributed by atoms with Crippen molar-refractivity contribution in [1.82, 2.24) is 9.78 Å². The number of aryl methyl sites for hydroxylation is 1. The smallest absolute Gasteiger partial charge is 0.387 e. The first-order chi connectivity index (χ1) is 11.8. The normalized spacial score (nSPS) is 10.6. The van der Waals surface area contributed by atoms with Gasteiger partial charge in [-0.15, -0.1) is 0 Å². The van der Waals surface area contributed by atoms with E-state index in [4.69, 9.17) is 4.74 Å². The maximum atomic E-state index is 12.4. The number of aromatic nitrogens is 2. The number of hydrogen-bond donors (Lipinski definition) is 1. The number of amides is 1. The summed E-state index contributed by atoms with van der Waals surface area (Å²) in [5.74, 6) is -0.974. The number of benzene rings is 1. The monoisotopic (exact) mass is 356 g/mol. The third-order valence-electron chi connectivity index (χ3n) is 3.05. The highest BCUT2D eigenvalue weighted by atomic mass is 19.3. The molecule has 25 heavy (non-hydrogen) atoms. The molecule has 0 fully saturated rings. The molecule has 0 aliphatic carbocycles. The second-order valence-electron chi connectivity index (χ2n) is 4.69. The largest absolute Gasteiger partial charge is 0.490 e. The van der Waals surface area contributed by atoms with Crippen molar-refractivity contribution in [3.05, 3.63) is 40.2 Å². The lowest BCUT2D eigenvalue weighted by Crippen LogP contribution is -2.17. The Labute approximate surface area is 140 Å². The van der Waals surface area contributed by atoms with Gasteiger partial charge < -0.3 is 14.8 Å². The molecule has 0 aliphatic rings. The molecule has 11 heteroatoms. The van der Waals surface area contributed by atoms with Gasteiger partial charge in [0.2, 0.25) is 5.69 Å². The van der Waals surface area contributed by atoms with Gasteiger partial charge in [0.1, 0.15) is 6.20 Å². The van der Waals surface area contributed by atoms with E-state index in [2.05, 4.69) is 15.2 Å². The van der Waals surface area contributed by atoms with Gasteiger partial charge in [-0.25, -0.2) is 0 Å². The lowest BCUT2D eigenvalue weighted by Gasteiger charge is -2.13. The first kappa shape index (κ1) is 18.1. The fourth-order valence-electron chi connectivity index (χ4n) is 2.06. The number of hydrogen-bond acceptors (Lipinski definition) is 6. The first-order valence-corrected chi connectivity index (χ1v) is 7.02. The fourth-order valence-corrected chi connectivity index (χ4v) is 2.06. The third-order valence-corrected chi connectivity index (χ3v) is 3.05. The number of carbonyl (C=O) groups excluding carboxylic acids is 1. The van der Waals surface area contributed by atoms with Crippen LogP contribution < -0.4 is 14.8 Å². The van der Waals surface area contributed by atoms with Gasteiger partial charge in [-0.1, -0.05) is 0 Å². The maximum absolute atomic E-state index is 12.4. The molecule has 9 nitrogen and oxygen atoms in total. The number of ether oxygens (including phenoxy) is 2. The predicted molar refractivity (Wildman–Crippen MR) is 82.1 cm³/mol. The Morgan fingerprint density at radius 2 is 2.16 bits per heavy atom. The second-order valence-corrected chi connectivity index (χ2v) is 4.69. The standard InChI is InChI=1S/C14H14F2N4O5/c1-3-24-11-6-8(4-5-10(11)25-14(15)16)18-13(21)12-9(20(22)23)7-17-19(12)2/h4-7,14H,3H2,1-2H3,(H,18,21). The summed E-state index contributed by atoms with van der Waals surface area (Å²) in [6, 6.07) is 3.78. The van der Waals surface area contributed by atoms with E-state index in [0.29, 0.717) is 0 Å². The molecular weight excluding hydrogens is 342 g/mol. The molecule has 1 amide bonds. The van der Waals surface area contributed by atoms with Crippen LogP contribution in [0.5, 0.6) is 11.5 Å². The van der Waals surface area contributed by atoms with E-state index < -0.39 is 23.1 Å². The van der Waals surface area contributed by atoms with Crippen LogP contribution >= 0.6 is 0 Å². The van der Waals surface area contributed by atoms with Gasteiger partial charge in [0.05, 0.1) is 11.5 Å². The van der Waals surface area contributed by atoms with Gasteiger partial charge in [-0.2, -0.15) is 13.9 Å². The predicted octanol–water partition coefficient (Wildman–Crippen LogP) is 2.58. The van der Waals surface area contributed by atoms with Crippen molar-refractivity contribution in [2.75, 3.05) is 11.9 Å². The minimum atomic E-state index is -3.03. The van der Waals surface area contributed by atoms with Gasteiger partial charge in [-0.05, 0) is 19.1 Å². The molecule has 2 rings (SSSR count). The molecule has 0 spiro atoms. The van der Waals surface area contributed by atoms with Gasteiger partial charge in [0.15, 0.2) is 11.5 Å². The van der Waals surface area contributed by atoms with Crippen LogP contribution in [0.1, 0.15) is 17.4 Å². The summed E-state index contributed by atoms with van der Waals surface area (Å²) in [6.07, 6.45) is 0.958. The Morgan fingerprint density at radius 3 is 2.76 bits per heavy atom. The average Bonchev–Trinajstić information content (AvgIpc) is 2.91. The molecule has 1 N–H and O–H groups in total. The highest BCUT2D eigenvalue weighted by molar-refractivity contribution is 6.05. The van der Waals surface area contributed by atoms with Crippen molar-refractivity contribution in [1.29, 1.82) is 0 Å². The molecule has 1 aromatic heterocycles. The summed E-state index contributed by atoms with van der Waals surface area (Å²) in [6.45, 7) is -1.20. The van der Waals surface area contributed by atoms with E-state index in [9.17, 15) is 23.7 Å². The Hall–Kier alpha value is -3.24. The molecular formula is C14H14F2N4O5. The number of alkyl halides is 2. The number of rotatable bonds is 7. The van der Waals surface area contributed by atoms with Crippen LogP contribution in [-0.4, -0.2) is 33.8 Å². The topological polar surface area (TPSA) is 109 Å². The van der Waals surface area contributed by atoms with Crippen molar-refractivity contribution in [2.24, 2.45) is 7.05 Å². The molecule has 134 valence electrons. The van der Waals surface area contributed by atoms with Crippen molar-refractivity contribution in [3.63, 3.8) is 0 Å². The molecule has 0 saturated heterocycles. The van der Waals surface area contributed by atoms with Crippen LogP contribution in [0.2, 0.25) is 0 Å². The van der Waals surface area contributed by atoms with Crippen LogP contribution in [-0.2, 0) is 7.05 Å². The minimum Gasteiger partial charge on any atom is -0.490 e. The Morgan fingerprint density at radius 1 is 1.44 bits per heavy atom. The van der Waals surface area contributed by atoms with E-state index in [1.54, 1.807) is 6.92 Å². The van der Waals surface area contributed by atoms with E-state index in [1.165, 1.54) is 25.2 Å². The number of nitro groups is 1. The molecule has 0 saturated carbocycles. The quantitative estimate of drug-likeness (QED) is 0.603. The third kappa shape index (κ3) is 4.19. The molecule has 0 aliphatic heterocycles. The first-order valence-electron chi connectivity index (χ1n) is 7.02. The average molecular weight is 356 g/mol. The van der Waals surface area contributed by atoms with Crippen LogP contribution in [0.15, 0.2) is 24.4 Å². The van der Waals surface area contributed by atoms with Crippen LogP contribution in [0.4, 0.5) is 20.2 Å². The van der Waals surface area contributed by atoms with Crippen molar-refractivity contribution < 1.29 is 28.0 Å². The second kappa shape index (κ2) is 7.55. The molecule has 0 atom stereocenters. The van der Waals surface area contributed by atoms with Crippen molar-refractivity contribution in [3.8, 4) is 11.5 Å². The van der Waals surface area contributed by atoms with E-state index in [1.807, 2.05) is 0 Å². The lowest BCUT2D eigenvalue weighted by molar-refractivity contribution is -0.385. The molecule has 1 heterocycles. The van der Waals surface area contributed by atoms with Crippen molar-refractivity contribution in [2.45, 2.75) is 13.5 Å². The van der Waals surface area contributed by atoms with Gasteiger partial charge in [-0.3, -0.25) is 19.6 Å².